The molecule has 2 amide bonds. The summed E-state index contributed by atoms with van der Waals surface area (Å²) in [5, 5.41) is 0.412. The number of nitrogens with two attached hydrogens (primary N) is 1. The third kappa shape index (κ3) is 2.30. The summed E-state index contributed by atoms with van der Waals surface area (Å²) in [7, 11) is 0. The average Bonchev–Trinajstić information content (AvgIpc) is 3.11. The van der Waals surface area contributed by atoms with Crippen molar-refractivity contribution in [3.05, 3.63) is 34.6 Å². The summed E-state index contributed by atoms with van der Waals surface area (Å²) in [4.78, 5) is 17.1. The molecule has 1 fully saturated rings. The number of amides is 2. The second-order valence-electron chi connectivity index (χ2n) is 4.98. The lowest BCUT2D eigenvalue weighted by Crippen LogP contribution is -2.35. The highest BCUT2D eigenvalue weighted by molar-refractivity contribution is 6.30. The fourth-order valence-corrected chi connectivity index (χ4v) is 2.50. The lowest BCUT2D eigenvalue weighted by molar-refractivity contribution is 0.203. The summed E-state index contributed by atoms with van der Waals surface area (Å²) in [5.74, 6) is 0.185. The smallest absolute Gasteiger partial charge is 0.346 e. The molecule has 4 nitrogen and oxygen atoms in total. The van der Waals surface area contributed by atoms with Crippen molar-refractivity contribution in [3.8, 4) is 0 Å². The van der Waals surface area contributed by atoms with E-state index in [1.54, 1.807) is 0 Å². The molecule has 0 radical (unpaired) electrons. The van der Waals surface area contributed by atoms with Crippen LogP contribution in [0.2, 0.25) is 5.02 Å². The largest absolute Gasteiger partial charge is 0.385 e. The number of amidine groups is 1. The first-order valence-electron chi connectivity index (χ1n) is 6.16. The van der Waals surface area contributed by atoms with Crippen molar-refractivity contribution in [2.75, 3.05) is 6.54 Å². The Kier molecular flexibility index (Phi) is 2.93. The summed E-state index contributed by atoms with van der Waals surface area (Å²) >= 11 is 5.89. The molecule has 3 rings (SSSR count). The summed E-state index contributed by atoms with van der Waals surface area (Å²) in [6, 6.07) is 3.22. The van der Waals surface area contributed by atoms with Gasteiger partial charge < -0.3 is 10.6 Å². The molecular weight excluding hydrogens is 269 g/mol. The van der Waals surface area contributed by atoms with E-state index in [1.807, 2.05) is 0 Å². The molecule has 1 aromatic rings. The zero-order chi connectivity index (χ0) is 13.6. The molecule has 1 aromatic carbocycles. The summed E-state index contributed by atoms with van der Waals surface area (Å²) in [6.07, 6.45) is 2.18. The van der Waals surface area contributed by atoms with Crippen molar-refractivity contribution in [3.63, 3.8) is 0 Å². The quantitative estimate of drug-likeness (QED) is 0.926. The van der Waals surface area contributed by atoms with Crippen molar-refractivity contribution in [2.45, 2.75) is 18.9 Å². The highest BCUT2D eigenvalue weighted by Gasteiger charge is 2.39. The molecule has 1 aliphatic carbocycles. The van der Waals surface area contributed by atoms with Crippen LogP contribution < -0.4 is 5.73 Å². The third-order valence-corrected chi connectivity index (χ3v) is 3.70. The Morgan fingerprint density at radius 2 is 2.21 bits per heavy atom. The van der Waals surface area contributed by atoms with Crippen LogP contribution in [-0.4, -0.2) is 23.3 Å². The van der Waals surface area contributed by atoms with Gasteiger partial charge in [0.05, 0.1) is 0 Å². The molecular formula is C13H13ClFN3O. The van der Waals surface area contributed by atoms with E-state index in [0.717, 1.165) is 12.8 Å². The minimum absolute atomic E-state index is 0.131. The second kappa shape index (κ2) is 4.49. The highest BCUT2D eigenvalue weighted by atomic mass is 35.5. The molecule has 1 unspecified atom stereocenters. The van der Waals surface area contributed by atoms with Crippen molar-refractivity contribution in [2.24, 2.45) is 16.6 Å². The molecule has 0 spiro atoms. The lowest BCUT2D eigenvalue weighted by atomic mass is 10.0. The maximum absolute atomic E-state index is 13.9. The number of nitrogens with zero attached hydrogens (tertiary/aromatic N) is 2. The Bertz CT molecular complexity index is 571. The van der Waals surface area contributed by atoms with Crippen molar-refractivity contribution in [1.82, 2.24) is 4.90 Å². The average molecular weight is 282 g/mol. The molecule has 2 N–H and O–H groups in total. The van der Waals surface area contributed by atoms with Gasteiger partial charge in [-0.15, -0.1) is 0 Å². The number of aliphatic imine (C=N–C) groups is 1. The predicted octanol–water partition coefficient (Wildman–Crippen LogP) is 2.72. The van der Waals surface area contributed by atoms with Gasteiger partial charge in [-0.25, -0.2) is 9.18 Å². The molecule has 1 atom stereocenters. The van der Waals surface area contributed by atoms with Crippen LogP contribution in [0.25, 0.3) is 0 Å². The molecule has 1 aliphatic heterocycles. The van der Waals surface area contributed by atoms with E-state index in [-0.39, 0.29) is 5.84 Å². The van der Waals surface area contributed by atoms with Gasteiger partial charge in [0, 0.05) is 17.1 Å². The Labute approximate surface area is 115 Å². The minimum Gasteiger partial charge on any atom is -0.385 e. The first-order chi connectivity index (χ1) is 9.06. The summed E-state index contributed by atoms with van der Waals surface area (Å²) in [5.41, 5.74) is 6.09. The predicted molar refractivity (Wildman–Crippen MR) is 70.6 cm³/mol. The number of carbonyl (C=O) groups excluding carboxylic acids is 1. The second-order valence-corrected chi connectivity index (χ2v) is 5.42. The van der Waals surface area contributed by atoms with E-state index in [0.29, 0.717) is 23.0 Å². The van der Waals surface area contributed by atoms with Crippen LogP contribution in [0.5, 0.6) is 0 Å². The number of benzene rings is 1. The van der Waals surface area contributed by atoms with E-state index < -0.39 is 17.9 Å². The summed E-state index contributed by atoms with van der Waals surface area (Å²) in [6.45, 7) is 0.569. The van der Waals surface area contributed by atoms with Crippen LogP contribution in [0.1, 0.15) is 24.4 Å². The topological polar surface area (TPSA) is 58.7 Å². The van der Waals surface area contributed by atoms with Crippen molar-refractivity contribution in [1.29, 1.82) is 0 Å². The van der Waals surface area contributed by atoms with E-state index in [2.05, 4.69) is 4.99 Å². The molecule has 100 valence electrons. The Morgan fingerprint density at radius 1 is 1.47 bits per heavy atom. The number of hydrogen-bond acceptors (Lipinski definition) is 2. The lowest BCUT2D eigenvalue weighted by Gasteiger charge is -2.24. The standard InChI is InChI=1S/C13H13ClFN3O/c14-8-3-4-10(15)9(5-8)11-12(16)17-13(19)18(11)6-7-1-2-7/h3-5,7,11H,1-2,6H2,(H2,16,17,19). The molecule has 0 saturated heterocycles. The minimum atomic E-state index is -0.633. The van der Waals surface area contributed by atoms with Crippen molar-refractivity contribution >= 4 is 23.5 Å². The third-order valence-electron chi connectivity index (χ3n) is 3.47. The molecule has 2 aliphatic rings. The van der Waals surface area contributed by atoms with Gasteiger partial charge in [-0.2, -0.15) is 4.99 Å². The Balaban J connectivity index is 1.97. The molecule has 1 heterocycles. The Morgan fingerprint density at radius 3 is 2.89 bits per heavy atom. The van der Waals surface area contributed by atoms with Crippen LogP contribution in [0, 0.1) is 11.7 Å². The zero-order valence-electron chi connectivity index (χ0n) is 10.1. The normalized spacial score (nSPS) is 22.8. The van der Waals surface area contributed by atoms with Crippen LogP contribution in [-0.2, 0) is 0 Å². The monoisotopic (exact) mass is 281 g/mol. The maximum Gasteiger partial charge on any atom is 0.346 e. The molecule has 6 heteroatoms. The number of halogens is 2. The first-order valence-corrected chi connectivity index (χ1v) is 6.53. The number of urea groups is 1. The molecule has 1 saturated carbocycles. The van der Waals surface area contributed by atoms with Gasteiger partial charge in [0.2, 0.25) is 0 Å². The van der Waals surface area contributed by atoms with Gasteiger partial charge >= 0.3 is 6.03 Å². The van der Waals surface area contributed by atoms with Crippen molar-refractivity contribution < 1.29 is 9.18 Å². The van der Waals surface area contributed by atoms with E-state index in [9.17, 15) is 9.18 Å². The van der Waals surface area contributed by atoms with Gasteiger partial charge in [-0.3, -0.25) is 0 Å². The van der Waals surface area contributed by atoms with Crippen LogP contribution in [0.3, 0.4) is 0 Å². The first kappa shape index (κ1) is 12.4. The SMILES string of the molecule is NC1=NC(=O)N(CC2CC2)C1c1cc(Cl)ccc1F. The number of carbonyl (C=O) groups is 1. The fraction of sp³-hybridized carbons (Fsp3) is 0.385. The zero-order valence-corrected chi connectivity index (χ0v) is 10.9. The maximum atomic E-state index is 13.9. The Hall–Kier alpha value is -1.62. The van der Waals surface area contributed by atoms with Gasteiger partial charge in [0.15, 0.2) is 0 Å². The van der Waals surface area contributed by atoms with E-state index in [4.69, 9.17) is 17.3 Å². The number of hydrogen-bond donors (Lipinski definition) is 1. The molecule has 0 bridgehead atoms. The van der Waals surface area contributed by atoms with Crippen LogP contribution >= 0.6 is 11.6 Å². The molecule has 0 aromatic heterocycles. The van der Waals surface area contributed by atoms with Gasteiger partial charge in [-0.1, -0.05) is 11.6 Å². The van der Waals surface area contributed by atoms with Crippen LogP contribution in [0.4, 0.5) is 9.18 Å². The number of rotatable bonds is 3. The van der Waals surface area contributed by atoms with Gasteiger partial charge in [-0.05, 0) is 37.0 Å². The fourth-order valence-electron chi connectivity index (χ4n) is 2.32. The van der Waals surface area contributed by atoms with E-state index in [1.165, 1.54) is 23.1 Å². The summed E-state index contributed by atoms with van der Waals surface area (Å²) < 4.78 is 13.9. The van der Waals surface area contributed by atoms with Gasteiger partial charge in [0.1, 0.15) is 17.7 Å². The van der Waals surface area contributed by atoms with E-state index >= 15 is 0 Å². The van der Waals surface area contributed by atoms with Crippen LogP contribution in [0.15, 0.2) is 23.2 Å². The van der Waals surface area contributed by atoms with Gasteiger partial charge in [0.25, 0.3) is 0 Å². The molecule has 19 heavy (non-hydrogen) atoms. The highest BCUT2D eigenvalue weighted by Crippen LogP contribution is 2.36.